The summed E-state index contributed by atoms with van der Waals surface area (Å²) in [5.41, 5.74) is 3.63. The third-order valence-electron chi connectivity index (χ3n) is 6.93. The molecule has 6 N–H and O–H groups in total. The van der Waals surface area contributed by atoms with Crippen LogP contribution in [0, 0.1) is 0 Å². The minimum atomic E-state index is -1.75. The second-order valence-electron chi connectivity index (χ2n) is 10.8. The van der Waals surface area contributed by atoms with E-state index in [1.165, 1.54) is 7.11 Å². The van der Waals surface area contributed by atoms with Gasteiger partial charge in [-0.2, -0.15) is 0 Å². The second-order valence-corrected chi connectivity index (χ2v) is 10.8. The summed E-state index contributed by atoms with van der Waals surface area (Å²) in [6, 6.07) is 3.29. The molecule has 1 aromatic rings. The monoisotopic (exact) mass is 582 g/mol. The smallest absolute Gasteiger partial charge is 0.337 e. The van der Waals surface area contributed by atoms with E-state index in [0.717, 1.165) is 11.1 Å². The van der Waals surface area contributed by atoms with Gasteiger partial charge < -0.3 is 54.3 Å². The van der Waals surface area contributed by atoms with Gasteiger partial charge in [0.2, 0.25) is 6.29 Å². The molecule has 0 unspecified atom stereocenters. The highest BCUT2D eigenvalue weighted by Gasteiger charge is 2.49. The average molecular weight is 583 g/mol. The molecule has 230 valence electrons. The van der Waals surface area contributed by atoms with E-state index in [2.05, 4.69) is 0 Å². The number of carbonyl (C=O) groups excluding carboxylic acids is 1. The van der Waals surface area contributed by atoms with Gasteiger partial charge in [0.05, 0.1) is 25.9 Å². The molecule has 0 aliphatic carbocycles. The number of hydrogen-bond acceptors (Lipinski definition) is 12. The molecular formula is C29H42O12. The molecule has 2 aliphatic rings. The van der Waals surface area contributed by atoms with Crippen molar-refractivity contribution in [2.75, 3.05) is 20.3 Å². The molecule has 2 fully saturated rings. The summed E-state index contributed by atoms with van der Waals surface area (Å²) in [4.78, 5) is 12.5. The Hall–Kier alpha value is -2.39. The van der Waals surface area contributed by atoms with Crippen LogP contribution in [-0.2, 0) is 31.8 Å². The molecule has 2 heterocycles. The van der Waals surface area contributed by atoms with E-state index in [1.807, 2.05) is 39.8 Å². The molecule has 2 aliphatic heterocycles. The van der Waals surface area contributed by atoms with E-state index in [-0.39, 0.29) is 6.61 Å². The van der Waals surface area contributed by atoms with Crippen LogP contribution in [0.4, 0.5) is 0 Å². The Morgan fingerprint density at radius 2 is 1.49 bits per heavy atom. The maximum absolute atomic E-state index is 12.5. The van der Waals surface area contributed by atoms with Gasteiger partial charge in [-0.1, -0.05) is 23.3 Å². The number of hydrogen-bond donors (Lipinski definition) is 6. The van der Waals surface area contributed by atoms with E-state index >= 15 is 0 Å². The predicted molar refractivity (Wildman–Crippen MR) is 145 cm³/mol. The number of allylic oxidation sites excluding steroid dienone is 4. The van der Waals surface area contributed by atoms with Crippen molar-refractivity contribution in [2.45, 2.75) is 95.8 Å². The van der Waals surface area contributed by atoms with Gasteiger partial charge in [0.15, 0.2) is 12.4 Å². The first kappa shape index (κ1) is 33.1. The summed E-state index contributed by atoms with van der Waals surface area (Å²) in [5.74, 6) is -0.159. The highest BCUT2D eigenvalue weighted by molar-refractivity contribution is 5.90. The number of esters is 1. The van der Waals surface area contributed by atoms with Gasteiger partial charge in [-0.25, -0.2) is 4.79 Å². The zero-order valence-corrected chi connectivity index (χ0v) is 24.0. The van der Waals surface area contributed by atoms with Gasteiger partial charge in [0.1, 0.15) is 42.4 Å². The summed E-state index contributed by atoms with van der Waals surface area (Å²) in [5, 5.41) is 61.5. The number of benzene rings is 1. The van der Waals surface area contributed by atoms with Crippen molar-refractivity contribution in [2.24, 2.45) is 0 Å². The Kier molecular flexibility index (Phi) is 11.9. The standard InChI is InChI=1S/C29H42O12/c1-14(2)6-8-16-10-18(27(36)37-5)11-17(9-7-15(3)4)25(16)40-29-26(21(32)19(31)13-38-29)41-28-24(35)23(34)22(33)20(12-30)39-28/h6-7,10-11,19-24,26,28-35H,8-9,12-13H2,1-5H3/t19-,20+,21-,22+,23-,24+,26+,28-,29-/m0/s1. The molecule has 0 saturated carbocycles. The second kappa shape index (κ2) is 14.7. The Bertz CT molecular complexity index is 1050. The van der Waals surface area contributed by atoms with Gasteiger partial charge in [-0.15, -0.1) is 0 Å². The van der Waals surface area contributed by atoms with E-state index in [0.29, 0.717) is 35.3 Å². The van der Waals surface area contributed by atoms with Crippen LogP contribution >= 0.6 is 0 Å². The summed E-state index contributed by atoms with van der Waals surface area (Å²) in [6.45, 7) is 6.75. The Morgan fingerprint density at radius 3 is 2.00 bits per heavy atom. The molecule has 0 bridgehead atoms. The molecule has 0 spiro atoms. The Labute approximate surface area is 239 Å². The van der Waals surface area contributed by atoms with Gasteiger partial charge in [0, 0.05) is 0 Å². The molecule has 9 atom stereocenters. The van der Waals surface area contributed by atoms with Crippen LogP contribution in [0.1, 0.15) is 49.2 Å². The third kappa shape index (κ3) is 8.13. The number of aliphatic hydroxyl groups excluding tert-OH is 6. The van der Waals surface area contributed by atoms with Crippen LogP contribution in [0.15, 0.2) is 35.4 Å². The fraction of sp³-hybridized carbons (Fsp3) is 0.621. The predicted octanol–water partition coefficient (Wildman–Crippen LogP) is 0.133. The van der Waals surface area contributed by atoms with Crippen molar-refractivity contribution >= 4 is 5.97 Å². The Balaban J connectivity index is 2.03. The van der Waals surface area contributed by atoms with Crippen LogP contribution in [0.3, 0.4) is 0 Å². The first-order valence-electron chi connectivity index (χ1n) is 13.5. The molecule has 0 aromatic heterocycles. The molecule has 12 heteroatoms. The van der Waals surface area contributed by atoms with Crippen LogP contribution in [0.5, 0.6) is 5.75 Å². The lowest BCUT2D eigenvalue weighted by Gasteiger charge is -2.44. The van der Waals surface area contributed by atoms with Gasteiger partial charge in [-0.3, -0.25) is 0 Å². The number of ether oxygens (including phenoxy) is 5. The fourth-order valence-electron chi connectivity index (χ4n) is 4.54. The first-order chi connectivity index (χ1) is 19.4. The van der Waals surface area contributed by atoms with Gasteiger partial charge in [0.25, 0.3) is 0 Å². The summed E-state index contributed by atoms with van der Waals surface area (Å²) >= 11 is 0. The SMILES string of the molecule is COC(=O)c1cc(CC=C(C)C)c(O[C@@H]2OC[C@H](O)[C@H](O)[C@H]2O[C@@H]2O[C@H](CO)[C@@H](O)[C@H](O)[C@H]2O)c(CC=C(C)C)c1. The lowest BCUT2D eigenvalue weighted by atomic mass is 9.97. The Morgan fingerprint density at radius 1 is 0.902 bits per heavy atom. The highest BCUT2D eigenvalue weighted by atomic mass is 16.8. The molecule has 41 heavy (non-hydrogen) atoms. The quantitative estimate of drug-likeness (QED) is 0.162. The van der Waals surface area contributed by atoms with Gasteiger partial charge in [-0.05, 0) is 63.8 Å². The number of methoxy groups -OCH3 is 1. The summed E-state index contributed by atoms with van der Waals surface area (Å²) in [7, 11) is 1.29. The van der Waals surface area contributed by atoms with E-state index in [9.17, 15) is 35.4 Å². The summed E-state index contributed by atoms with van der Waals surface area (Å²) in [6.07, 6.45) is -8.94. The van der Waals surface area contributed by atoms with Crippen molar-refractivity contribution in [3.63, 3.8) is 0 Å². The van der Waals surface area contributed by atoms with E-state index in [4.69, 9.17) is 23.7 Å². The van der Waals surface area contributed by atoms with Crippen LogP contribution in [0.2, 0.25) is 0 Å². The number of aliphatic hydroxyl groups is 6. The third-order valence-corrected chi connectivity index (χ3v) is 6.93. The fourth-order valence-corrected chi connectivity index (χ4v) is 4.54. The topological polar surface area (TPSA) is 185 Å². The number of rotatable bonds is 10. The normalized spacial score (nSPS) is 31.7. The van der Waals surface area contributed by atoms with Crippen LogP contribution in [0.25, 0.3) is 0 Å². The lowest BCUT2D eigenvalue weighted by Crippen LogP contribution is -2.63. The van der Waals surface area contributed by atoms with Crippen molar-refractivity contribution in [1.82, 2.24) is 0 Å². The highest BCUT2D eigenvalue weighted by Crippen LogP contribution is 2.34. The zero-order chi connectivity index (χ0) is 30.4. The molecule has 1 aromatic carbocycles. The minimum absolute atomic E-state index is 0.298. The zero-order valence-electron chi connectivity index (χ0n) is 24.0. The molecule has 0 radical (unpaired) electrons. The van der Waals surface area contributed by atoms with Crippen molar-refractivity contribution in [1.29, 1.82) is 0 Å². The molecule has 2 saturated heterocycles. The average Bonchev–Trinajstić information content (AvgIpc) is 2.94. The molecule has 0 amide bonds. The first-order valence-corrected chi connectivity index (χ1v) is 13.5. The number of carbonyl (C=O) groups is 1. The maximum Gasteiger partial charge on any atom is 0.337 e. The van der Waals surface area contributed by atoms with Crippen LogP contribution in [-0.4, -0.2) is 112 Å². The van der Waals surface area contributed by atoms with Crippen molar-refractivity contribution in [3.8, 4) is 5.75 Å². The van der Waals surface area contributed by atoms with Crippen LogP contribution < -0.4 is 4.74 Å². The van der Waals surface area contributed by atoms with Gasteiger partial charge >= 0.3 is 5.97 Å². The lowest BCUT2D eigenvalue weighted by molar-refractivity contribution is -0.348. The van der Waals surface area contributed by atoms with E-state index in [1.54, 1.807) is 12.1 Å². The maximum atomic E-state index is 12.5. The van der Waals surface area contributed by atoms with Crippen molar-refractivity contribution in [3.05, 3.63) is 52.1 Å². The summed E-state index contributed by atoms with van der Waals surface area (Å²) < 4.78 is 28.3. The molecular weight excluding hydrogens is 540 g/mol. The largest absolute Gasteiger partial charge is 0.465 e. The minimum Gasteiger partial charge on any atom is -0.465 e. The molecule has 3 rings (SSSR count). The molecule has 12 nitrogen and oxygen atoms in total. The van der Waals surface area contributed by atoms with Crippen molar-refractivity contribution < 1.29 is 59.1 Å². The van der Waals surface area contributed by atoms with E-state index < -0.39 is 67.9 Å².